The zero-order chi connectivity index (χ0) is 11.3. The van der Waals surface area contributed by atoms with Crippen molar-refractivity contribution in [3.05, 3.63) is 48.0 Å². The highest BCUT2D eigenvalue weighted by Crippen LogP contribution is 2.08. The van der Waals surface area contributed by atoms with Crippen molar-refractivity contribution >= 4 is 11.8 Å². The summed E-state index contributed by atoms with van der Waals surface area (Å²) in [6.45, 7) is 3.60. The van der Waals surface area contributed by atoms with Gasteiger partial charge in [0, 0.05) is 5.56 Å². The molecule has 0 aliphatic heterocycles. The molecule has 0 aliphatic carbocycles. The number of rotatable bonds is 5. The number of benzene rings is 1. The van der Waals surface area contributed by atoms with Crippen molar-refractivity contribution in [2.75, 3.05) is 0 Å². The molecule has 0 radical (unpaired) electrons. The van der Waals surface area contributed by atoms with Crippen LogP contribution in [0.25, 0.3) is 0 Å². The summed E-state index contributed by atoms with van der Waals surface area (Å²) in [5.41, 5.74) is 1.40. The molecule has 3 heteroatoms. The van der Waals surface area contributed by atoms with E-state index in [0.29, 0.717) is 12.0 Å². The first-order chi connectivity index (χ1) is 7.13. The van der Waals surface area contributed by atoms with Crippen molar-refractivity contribution in [1.29, 1.82) is 0 Å². The second-order valence-electron chi connectivity index (χ2n) is 3.19. The van der Waals surface area contributed by atoms with E-state index in [4.69, 9.17) is 5.11 Å². The molecule has 0 aliphatic rings. The van der Waals surface area contributed by atoms with Crippen LogP contribution in [0.5, 0.6) is 0 Å². The summed E-state index contributed by atoms with van der Waals surface area (Å²) >= 11 is 0. The normalized spacial score (nSPS) is 9.60. The zero-order valence-corrected chi connectivity index (χ0v) is 8.27. The average molecular weight is 204 g/mol. The number of Topliss-reactive ketones (excluding diaryl/α,β-unsaturated/α-hetero) is 1. The number of carboxylic acids is 1. The van der Waals surface area contributed by atoms with Gasteiger partial charge in [0.25, 0.3) is 0 Å². The lowest BCUT2D eigenvalue weighted by atomic mass is 10.0. The first-order valence-corrected chi connectivity index (χ1v) is 4.58. The Hall–Kier alpha value is -1.90. The van der Waals surface area contributed by atoms with E-state index in [1.54, 1.807) is 24.3 Å². The Bertz CT molecular complexity index is 394. The van der Waals surface area contributed by atoms with Crippen LogP contribution in [0.4, 0.5) is 0 Å². The molecule has 0 bridgehead atoms. The molecule has 0 amide bonds. The maximum atomic E-state index is 11.4. The fourth-order valence-corrected chi connectivity index (χ4v) is 1.28. The second-order valence-corrected chi connectivity index (χ2v) is 3.19. The van der Waals surface area contributed by atoms with Crippen LogP contribution in [0.15, 0.2) is 36.9 Å². The van der Waals surface area contributed by atoms with Gasteiger partial charge in [-0.2, -0.15) is 0 Å². The van der Waals surface area contributed by atoms with Gasteiger partial charge in [-0.15, -0.1) is 6.58 Å². The fourth-order valence-electron chi connectivity index (χ4n) is 1.28. The Morgan fingerprint density at radius 1 is 1.40 bits per heavy atom. The second kappa shape index (κ2) is 5.10. The van der Waals surface area contributed by atoms with Crippen molar-refractivity contribution in [2.45, 2.75) is 12.8 Å². The van der Waals surface area contributed by atoms with Gasteiger partial charge in [0.15, 0.2) is 5.78 Å². The van der Waals surface area contributed by atoms with Gasteiger partial charge in [-0.05, 0) is 18.1 Å². The fraction of sp³-hybridized carbons (Fsp3) is 0.167. The molecule has 3 nitrogen and oxygen atoms in total. The number of ketones is 1. The van der Waals surface area contributed by atoms with Gasteiger partial charge in [0.1, 0.15) is 6.42 Å². The summed E-state index contributed by atoms with van der Waals surface area (Å²) in [5, 5.41) is 8.48. The van der Waals surface area contributed by atoms with Gasteiger partial charge in [0.2, 0.25) is 0 Å². The summed E-state index contributed by atoms with van der Waals surface area (Å²) in [6.07, 6.45) is 1.95. The molecule has 78 valence electrons. The minimum atomic E-state index is -1.10. The van der Waals surface area contributed by atoms with E-state index >= 15 is 0 Å². The highest BCUT2D eigenvalue weighted by Gasteiger charge is 2.10. The lowest BCUT2D eigenvalue weighted by Crippen LogP contribution is -2.07. The molecule has 0 heterocycles. The lowest BCUT2D eigenvalue weighted by Gasteiger charge is -2.01. The van der Waals surface area contributed by atoms with Crippen molar-refractivity contribution in [3.63, 3.8) is 0 Å². The molecule has 1 aromatic carbocycles. The van der Waals surface area contributed by atoms with Crippen LogP contribution in [0.3, 0.4) is 0 Å². The van der Waals surface area contributed by atoms with Gasteiger partial charge < -0.3 is 5.11 Å². The Kier molecular flexibility index (Phi) is 3.80. The molecule has 0 saturated heterocycles. The van der Waals surface area contributed by atoms with Crippen LogP contribution in [0, 0.1) is 0 Å². The number of allylic oxidation sites excluding steroid dienone is 1. The molecule has 1 aromatic rings. The molecule has 0 atom stereocenters. The molecular formula is C12H12O3. The predicted molar refractivity (Wildman–Crippen MR) is 56.9 cm³/mol. The van der Waals surface area contributed by atoms with Crippen molar-refractivity contribution < 1.29 is 14.7 Å². The summed E-state index contributed by atoms with van der Waals surface area (Å²) in [7, 11) is 0. The summed E-state index contributed by atoms with van der Waals surface area (Å²) < 4.78 is 0. The average Bonchev–Trinajstić information content (AvgIpc) is 2.17. The van der Waals surface area contributed by atoms with E-state index in [1.165, 1.54) is 0 Å². The molecule has 15 heavy (non-hydrogen) atoms. The van der Waals surface area contributed by atoms with E-state index in [9.17, 15) is 9.59 Å². The molecular weight excluding hydrogens is 192 g/mol. The van der Waals surface area contributed by atoms with Gasteiger partial charge in [0.05, 0.1) is 0 Å². The van der Waals surface area contributed by atoms with Crippen molar-refractivity contribution in [1.82, 2.24) is 0 Å². The lowest BCUT2D eigenvalue weighted by molar-refractivity contribution is -0.135. The third-order valence-electron chi connectivity index (χ3n) is 1.94. The largest absolute Gasteiger partial charge is 0.481 e. The van der Waals surface area contributed by atoms with E-state index in [0.717, 1.165) is 5.56 Å². The number of carboxylic acid groups (broad SMARTS) is 1. The summed E-state index contributed by atoms with van der Waals surface area (Å²) in [5.74, 6) is -1.47. The number of carbonyl (C=O) groups is 2. The van der Waals surface area contributed by atoms with Crippen molar-refractivity contribution in [2.24, 2.45) is 0 Å². The van der Waals surface area contributed by atoms with Gasteiger partial charge in [-0.3, -0.25) is 9.59 Å². The van der Waals surface area contributed by atoms with Gasteiger partial charge in [-0.25, -0.2) is 0 Å². The van der Waals surface area contributed by atoms with Gasteiger partial charge in [-0.1, -0.05) is 24.3 Å². The Morgan fingerprint density at radius 2 is 2.13 bits per heavy atom. The quantitative estimate of drug-likeness (QED) is 0.454. The molecule has 0 aromatic heterocycles. The Labute approximate surface area is 88.0 Å². The third-order valence-corrected chi connectivity index (χ3v) is 1.94. The molecule has 1 N–H and O–H groups in total. The zero-order valence-electron chi connectivity index (χ0n) is 8.27. The van der Waals surface area contributed by atoms with Crippen LogP contribution < -0.4 is 0 Å². The van der Waals surface area contributed by atoms with Crippen LogP contribution >= 0.6 is 0 Å². The maximum Gasteiger partial charge on any atom is 0.311 e. The standard InChI is InChI=1S/C12H12O3/c1-2-4-9-5-3-6-10(7-9)11(13)8-12(14)15/h2-3,5-7H,1,4,8H2,(H,14,15). The monoisotopic (exact) mass is 204 g/mol. The SMILES string of the molecule is C=CCc1cccc(C(=O)CC(=O)O)c1. The van der Waals surface area contributed by atoms with Crippen LogP contribution in [-0.4, -0.2) is 16.9 Å². The van der Waals surface area contributed by atoms with E-state index in [-0.39, 0.29) is 5.78 Å². The highest BCUT2D eigenvalue weighted by molar-refractivity contribution is 6.05. The smallest absolute Gasteiger partial charge is 0.311 e. The number of aliphatic carboxylic acids is 1. The third kappa shape index (κ3) is 3.38. The molecule has 0 saturated carbocycles. The van der Waals surface area contributed by atoms with Crippen LogP contribution in [-0.2, 0) is 11.2 Å². The number of hydrogen-bond acceptors (Lipinski definition) is 2. The minimum absolute atomic E-state index is 0.367. The number of hydrogen-bond donors (Lipinski definition) is 1. The first-order valence-electron chi connectivity index (χ1n) is 4.58. The summed E-state index contributed by atoms with van der Waals surface area (Å²) in [6, 6.07) is 6.94. The molecule has 0 unspecified atom stereocenters. The van der Waals surface area contributed by atoms with E-state index < -0.39 is 12.4 Å². The molecule has 0 fully saturated rings. The first kappa shape index (κ1) is 11.2. The highest BCUT2D eigenvalue weighted by atomic mass is 16.4. The molecule has 0 spiro atoms. The topological polar surface area (TPSA) is 54.4 Å². The minimum Gasteiger partial charge on any atom is -0.481 e. The number of carbonyl (C=O) groups excluding carboxylic acids is 1. The predicted octanol–water partition coefficient (Wildman–Crippen LogP) is 2.07. The van der Waals surface area contributed by atoms with Crippen LogP contribution in [0.2, 0.25) is 0 Å². The van der Waals surface area contributed by atoms with Crippen LogP contribution in [0.1, 0.15) is 22.3 Å². The maximum absolute atomic E-state index is 11.4. The van der Waals surface area contributed by atoms with Crippen molar-refractivity contribution in [3.8, 4) is 0 Å². The Morgan fingerprint density at radius 3 is 2.73 bits per heavy atom. The Balaban J connectivity index is 2.84. The van der Waals surface area contributed by atoms with E-state index in [1.807, 2.05) is 6.07 Å². The van der Waals surface area contributed by atoms with E-state index in [2.05, 4.69) is 6.58 Å². The van der Waals surface area contributed by atoms with Gasteiger partial charge >= 0.3 is 5.97 Å². The molecule has 1 rings (SSSR count). The summed E-state index contributed by atoms with van der Waals surface area (Å²) in [4.78, 5) is 21.8.